The summed E-state index contributed by atoms with van der Waals surface area (Å²) in [6.45, 7) is 1.93. The van der Waals surface area contributed by atoms with Crippen LogP contribution < -0.4 is 4.90 Å². The number of halogens is 1. The highest BCUT2D eigenvalue weighted by atomic mass is 35.5. The van der Waals surface area contributed by atoms with Gasteiger partial charge in [-0.05, 0) is 36.8 Å². The number of carbonyl (C=O) groups is 2. The number of nitrogens with zero attached hydrogens (tertiary/aromatic N) is 2. The molecule has 6 heteroatoms. The van der Waals surface area contributed by atoms with Crippen molar-refractivity contribution < 1.29 is 14.7 Å². The van der Waals surface area contributed by atoms with Gasteiger partial charge in [-0.2, -0.15) is 0 Å². The highest BCUT2D eigenvalue weighted by Gasteiger charge is 2.47. The second-order valence-electron chi connectivity index (χ2n) is 6.77. The summed E-state index contributed by atoms with van der Waals surface area (Å²) in [6, 6.07) is 18.2. The third-order valence-corrected chi connectivity index (χ3v) is 5.10. The van der Waals surface area contributed by atoms with Crippen LogP contribution in [0.25, 0.3) is 5.76 Å². The Hall–Kier alpha value is -3.44. The molecule has 2 aromatic carbocycles. The molecule has 1 fully saturated rings. The monoisotopic (exact) mass is 404 g/mol. The number of carbonyl (C=O) groups excluding carboxylic acids is 2. The topological polar surface area (TPSA) is 70.5 Å². The Morgan fingerprint density at radius 3 is 2.31 bits per heavy atom. The van der Waals surface area contributed by atoms with Gasteiger partial charge in [0.2, 0.25) is 0 Å². The van der Waals surface area contributed by atoms with Gasteiger partial charge in [0.05, 0.1) is 11.6 Å². The molecule has 0 saturated carbocycles. The minimum Gasteiger partial charge on any atom is -0.507 e. The van der Waals surface area contributed by atoms with E-state index in [1.807, 2.05) is 19.1 Å². The molecule has 4 rings (SSSR count). The van der Waals surface area contributed by atoms with Crippen molar-refractivity contribution in [3.63, 3.8) is 0 Å². The number of amides is 1. The van der Waals surface area contributed by atoms with Gasteiger partial charge < -0.3 is 5.11 Å². The highest BCUT2D eigenvalue weighted by molar-refractivity contribution is 6.51. The van der Waals surface area contributed by atoms with E-state index in [1.165, 1.54) is 4.90 Å². The van der Waals surface area contributed by atoms with Crippen molar-refractivity contribution in [1.82, 2.24) is 4.98 Å². The fraction of sp³-hybridized carbons (Fsp3) is 0.0870. The molecule has 0 bridgehead atoms. The Bertz CT molecular complexity index is 1110. The number of benzene rings is 2. The van der Waals surface area contributed by atoms with Crippen LogP contribution in [0.2, 0.25) is 5.02 Å². The van der Waals surface area contributed by atoms with Crippen LogP contribution in [-0.2, 0) is 9.59 Å². The molecular formula is C23H17ClN2O3. The fourth-order valence-electron chi connectivity index (χ4n) is 3.39. The molecule has 0 spiro atoms. The normalized spacial score (nSPS) is 18.3. The molecule has 0 aliphatic carbocycles. The highest BCUT2D eigenvalue weighted by Crippen LogP contribution is 2.41. The lowest BCUT2D eigenvalue weighted by Gasteiger charge is -2.24. The number of ketones is 1. The van der Waals surface area contributed by atoms with E-state index in [4.69, 9.17) is 11.6 Å². The molecule has 2 heterocycles. The van der Waals surface area contributed by atoms with Crippen LogP contribution in [0, 0.1) is 6.92 Å². The number of Topliss-reactive ketones (excluding diaryl/α,β-unsaturated/α-hetero) is 1. The van der Waals surface area contributed by atoms with Gasteiger partial charge in [0.1, 0.15) is 11.6 Å². The lowest BCUT2D eigenvalue weighted by Crippen LogP contribution is -2.30. The van der Waals surface area contributed by atoms with Gasteiger partial charge in [-0.25, -0.2) is 4.98 Å². The van der Waals surface area contributed by atoms with Crippen LogP contribution in [0.3, 0.4) is 0 Å². The van der Waals surface area contributed by atoms with Crippen LogP contribution in [0.5, 0.6) is 0 Å². The fourth-order valence-corrected chi connectivity index (χ4v) is 3.52. The Kier molecular flexibility index (Phi) is 4.91. The summed E-state index contributed by atoms with van der Waals surface area (Å²) in [6.07, 6.45) is 1.55. The maximum absolute atomic E-state index is 13.0. The first kappa shape index (κ1) is 18.9. The Labute approximate surface area is 172 Å². The number of aliphatic hydroxyl groups is 1. The molecule has 0 radical (unpaired) electrons. The Morgan fingerprint density at radius 1 is 1.00 bits per heavy atom. The summed E-state index contributed by atoms with van der Waals surface area (Å²) in [5.41, 5.74) is 2.15. The number of aromatic nitrogens is 1. The maximum atomic E-state index is 13.0. The third kappa shape index (κ3) is 3.41. The van der Waals surface area contributed by atoms with Crippen LogP contribution in [0.15, 0.2) is 78.5 Å². The van der Waals surface area contributed by atoms with E-state index >= 15 is 0 Å². The molecule has 1 aliphatic heterocycles. The van der Waals surface area contributed by atoms with Gasteiger partial charge in [-0.15, -0.1) is 0 Å². The van der Waals surface area contributed by atoms with Crippen molar-refractivity contribution in [2.75, 3.05) is 4.90 Å². The number of hydrogen-bond donors (Lipinski definition) is 1. The predicted molar refractivity (Wildman–Crippen MR) is 112 cm³/mol. The maximum Gasteiger partial charge on any atom is 0.301 e. The first-order valence-corrected chi connectivity index (χ1v) is 9.39. The van der Waals surface area contributed by atoms with Crippen molar-refractivity contribution >= 4 is 34.9 Å². The number of aryl methyl sites for hydroxylation is 1. The molecule has 1 atom stereocenters. The average molecular weight is 405 g/mol. The van der Waals surface area contributed by atoms with Crippen LogP contribution in [0.4, 0.5) is 5.82 Å². The van der Waals surface area contributed by atoms with Crippen molar-refractivity contribution in [2.45, 2.75) is 13.0 Å². The SMILES string of the molecule is Cc1ccc(/C(O)=C2\C(=O)C(=O)N(c3ccccn3)[C@@H]2c2ccc(Cl)cc2)cc1. The van der Waals surface area contributed by atoms with Crippen LogP contribution >= 0.6 is 11.6 Å². The quantitative estimate of drug-likeness (QED) is 0.391. The van der Waals surface area contributed by atoms with Gasteiger partial charge in [-0.3, -0.25) is 14.5 Å². The van der Waals surface area contributed by atoms with Gasteiger partial charge >= 0.3 is 5.91 Å². The van der Waals surface area contributed by atoms with Gasteiger partial charge in [-0.1, -0.05) is 59.6 Å². The van der Waals surface area contributed by atoms with Crippen molar-refractivity contribution in [3.05, 3.63) is 100 Å². The second-order valence-corrected chi connectivity index (χ2v) is 7.21. The van der Waals surface area contributed by atoms with E-state index in [2.05, 4.69) is 4.98 Å². The first-order chi connectivity index (χ1) is 14.0. The number of aliphatic hydroxyl groups excluding tert-OH is 1. The van der Waals surface area contributed by atoms with E-state index in [1.54, 1.807) is 60.8 Å². The van der Waals surface area contributed by atoms with Gasteiger partial charge in [0.25, 0.3) is 5.78 Å². The zero-order chi connectivity index (χ0) is 20.5. The first-order valence-electron chi connectivity index (χ1n) is 9.02. The molecule has 1 aliphatic rings. The van der Waals surface area contributed by atoms with Crippen LogP contribution in [-0.4, -0.2) is 21.8 Å². The molecular weight excluding hydrogens is 388 g/mol. The summed E-state index contributed by atoms with van der Waals surface area (Å²) in [5.74, 6) is -1.38. The number of pyridine rings is 1. The minimum absolute atomic E-state index is 0.0202. The second kappa shape index (κ2) is 7.53. The third-order valence-electron chi connectivity index (χ3n) is 4.85. The van der Waals surface area contributed by atoms with Crippen molar-refractivity contribution in [3.8, 4) is 0 Å². The summed E-state index contributed by atoms with van der Waals surface area (Å²) >= 11 is 6.02. The molecule has 1 aromatic heterocycles. The van der Waals surface area contributed by atoms with E-state index in [9.17, 15) is 14.7 Å². The summed E-state index contributed by atoms with van der Waals surface area (Å²) in [5, 5.41) is 11.5. The molecule has 1 saturated heterocycles. The van der Waals surface area contributed by atoms with Crippen molar-refractivity contribution in [1.29, 1.82) is 0 Å². The predicted octanol–water partition coefficient (Wildman–Crippen LogP) is 4.67. The molecule has 29 heavy (non-hydrogen) atoms. The summed E-state index contributed by atoms with van der Waals surface area (Å²) in [4.78, 5) is 31.4. The average Bonchev–Trinajstić information content (AvgIpc) is 3.00. The Morgan fingerprint density at radius 2 is 1.69 bits per heavy atom. The lowest BCUT2D eigenvalue weighted by atomic mass is 9.95. The van der Waals surface area contributed by atoms with Gasteiger partial charge in [0.15, 0.2) is 0 Å². The molecule has 1 N–H and O–H groups in total. The molecule has 3 aromatic rings. The van der Waals surface area contributed by atoms with Gasteiger partial charge in [0, 0.05) is 16.8 Å². The van der Waals surface area contributed by atoms with Crippen molar-refractivity contribution in [2.24, 2.45) is 0 Å². The molecule has 1 amide bonds. The largest absolute Gasteiger partial charge is 0.507 e. The standard InChI is InChI=1S/C23H17ClN2O3/c1-14-5-7-16(8-6-14)21(27)19-20(15-9-11-17(24)12-10-15)26(23(29)22(19)28)18-4-2-3-13-25-18/h2-13,20,27H,1H3/b21-19+/t20-/m1/s1. The summed E-state index contributed by atoms with van der Waals surface area (Å²) in [7, 11) is 0. The molecule has 5 nitrogen and oxygen atoms in total. The van der Waals surface area contributed by atoms with E-state index in [-0.39, 0.29) is 11.3 Å². The molecule has 0 unspecified atom stereocenters. The number of hydrogen-bond acceptors (Lipinski definition) is 4. The van der Waals surface area contributed by atoms with E-state index < -0.39 is 17.7 Å². The zero-order valence-electron chi connectivity index (χ0n) is 15.5. The van der Waals surface area contributed by atoms with E-state index in [0.29, 0.717) is 22.0 Å². The van der Waals surface area contributed by atoms with Crippen LogP contribution in [0.1, 0.15) is 22.7 Å². The Balaban J connectivity index is 1.94. The smallest absolute Gasteiger partial charge is 0.301 e. The van der Waals surface area contributed by atoms with E-state index in [0.717, 1.165) is 5.56 Å². The minimum atomic E-state index is -0.816. The number of rotatable bonds is 3. The molecule has 144 valence electrons. The summed E-state index contributed by atoms with van der Waals surface area (Å²) < 4.78 is 0. The zero-order valence-corrected chi connectivity index (χ0v) is 16.3. The number of anilines is 1. The lowest BCUT2D eigenvalue weighted by molar-refractivity contribution is -0.132.